The van der Waals surface area contributed by atoms with Gasteiger partial charge in [0.25, 0.3) is 0 Å². The molecule has 0 saturated carbocycles. The number of aliphatic hydroxyl groups is 1. The number of aliphatic hydroxyl groups excluding tert-OH is 1. The van der Waals surface area contributed by atoms with Gasteiger partial charge in [0, 0.05) is 35.2 Å². The molecule has 0 saturated heterocycles. The molecule has 0 spiro atoms. The number of furan rings is 2. The summed E-state index contributed by atoms with van der Waals surface area (Å²) in [5.74, 6) is 0.0623. The molecule has 1 aromatic carbocycles. The molecule has 5 heterocycles. The van der Waals surface area contributed by atoms with Gasteiger partial charge in [-0.25, -0.2) is 18.6 Å². The van der Waals surface area contributed by atoms with Crippen molar-refractivity contribution in [2.75, 3.05) is 0 Å². The van der Waals surface area contributed by atoms with Gasteiger partial charge in [-0.3, -0.25) is 0 Å². The summed E-state index contributed by atoms with van der Waals surface area (Å²) in [6.07, 6.45) is 10.3. The first-order valence-electron chi connectivity index (χ1n) is 10.2. The van der Waals surface area contributed by atoms with Gasteiger partial charge in [0.15, 0.2) is 17.9 Å². The van der Waals surface area contributed by atoms with Crippen LogP contribution in [-0.4, -0.2) is 5.11 Å². The van der Waals surface area contributed by atoms with E-state index in [2.05, 4.69) is 53.2 Å². The second-order valence-electron chi connectivity index (χ2n) is 8.14. The van der Waals surface area contributed by atoms with Gasteiger partial charge in [-0.05, 0) is 23.3 Å². The zero-order valence-corrected chi connectivity index (χ0v) is 18.1. The largest absolute Gasteiger partial charge is 0.472 e. The molecule has 0 amide bonds. The quantitative estimate of drug-likeness (QED) is 0.391. The van der Waals surface area contributed by atoms with Crippen LogP contribution in [0.2, 0.25) is 0 Å². The minimum Gasteiger partial charge on any atom is -0.472 e. The highest BCUT2D eigenvalue weighted by Crippen LogP contribution is 2.60. The van der Waals surface area contributed by atoms with Crippen molar-refractivity contribution in [1.82, 2.24) is 0 Å². The summed E-state index contributed by atoms with van der Waals surface area (Å²) < 4.78 is 47.5. The van der Waals surface area contributed by atoms with Gasteiger partial charge in [0.05, 0.1) is 43.0 Å². The number of hydrogen-bond acceptors (Lipinski definition) is 7. The first-order valence-corrected chi connectivity index (χ1v) is 11.5. The average molecular weight is 470 g/mol. The molecule has 3 aliphatic rings. The fourth-order valence-corrected chi connectivity index (χ4v) is 5.61. The Balaban J connectivity index is 0.000000416. The lowest BCUT2D eigenvalue weighted by Crippen LogP contribution is -2.68. The van der Waals surface area contributed by atoms with Crippen molar-refractivity contribution in [3.8, 4) is 0 Å². The summed E-state index contributed by atoms with van der Waals surface area (Å²) >= 11 is 0. The van der Waals surface area contributed by atoms with Gasteiger partial charge in [-0.15, -0.1) is 10.2 Å². The van der Waals surface area contributed by atoms with Crippen molar-refractivity contribution < 1.29 is 47.4 Å². The van der Waals surface area contributed by atoms with Gasteiger partial charge in [-0.1, -0.05) is 24.3 Å². The lowest BCUT2D eigenvalue weighted by molar-refractivity contribution is -2.00. The number of fused-ring (bicyclic) bond motifs is 1. The molecular weight excluding hydrogens is 450 g/mol. The fourth-order valence-electron chi connectivity index (χ4n) is 5.61. The van der Waals surface area contributed by atoms with Crippen molar-refractivity contribution >= 4 is 0 Å². The van der Waals surface area contributed by atoms with E-state index >= 15 is 0 Å². The van der Waals surface area contributed by atoms with Gasteiger partial charge in [0.2, 0.25) is 0 Å². The molecule has 170 valence electrons. The summed E-state index contributed by atoms with van der Waals surface area (Å²) in [5.41, 5.74) is 6.81. The Hall–Kier alpha value is -2.98. The highest BCUT2D eigenvalue weighted by atomic mass is 35.7. The average Bonchev–Trinajstić information content (AvgIpc) is 3.52. The van der Waals surface area contributed by atoms with E-state index in [1.54, 1.807) is 12.5 Å². The first-order chi connectivity index (χ1) is 15.8. The standard InChI is InChI=1S/C24H20NO3.ClHO4/c26-13-16-4-3-5-19-21-12-24(17-7-10-27-14-17,18-8-11-28-15-18)23(22(16)19)20-6-1-2-9-25(20)21;2-1(3,4)5/h1-11,14-15,21,23,26H,12-13H2;(H,2,3,4,5)/q+1;/p-1. The minimum absolute atomic E-state index is 0.0338. The van der Waals surface area contributed by atoms with Crippen LogP contribution < -0.4 is 23.2 Å². The third kappa shape index (κ3) is 3.57. The molecule has 1 N–H and O–H groups in total. The van der Waals surface area contributed by atoms with E-state index in [1.807, 2.05) is 18.6 Å². The molecule has 33 heavy (non-hydrogen) atoms. The monoisotopic (exact) mass is 469 g/mol. The molecule has 8 nitrogen and oxygen atoms in total. The third-order valence-electron chi connectivity index (χ3n) is 6.68. The van der Waals surface area contributed by atoms with Crippen LogP contribution in [0, 0.1) is 10.2 Å². The van der Waals surface area contributed by atoms with Crippen LogP contribution in [0.15, 0.2) is 88.6 Å². The van der Waals surface area contributed by atoms with Crippen LogP contribution in [0.3, 0.4) is 0 Å². The molecule has 2 atom stereocenters. The van der Waals surface area contributed by atoms with E-state index < -0.39 is 10.2 Å². The Morgan fingerprint density at radius 1 is 0.939 bits per heavy atom. The summed E-state index contributed by atoms with van der Waals surface area (Å²) in [5, 5.41) is 10.2. The maximum Gasteiger partial charge on any atom is 0.190 e. The first kappa shape index (κ1) is 21.8. The smallest absolute Gasteiger partial charge is 0.190 e. The third-order valence-corrected chi connectivity index (χ3v) is 6.68. The lowest BCUT2D eigenvalue weighted by atomic mass is 9.53. The SMILES string of the molecule is OCc1cccc2c1C1c3cccc[n+]3C2CC1(c1ccoc1)c1ccoc1.[O-][Cl+3]([O-])([O-])[O-]. The van der Waals surface area contributed by atoms with Crippen molar-refractivity contribution in [2.24, 2.45) is 0 Å². The Morgan fingerprint density at radius 3 is 2.18 bits per heavy atom. The Bertz CT molecular complexity index is 1210. The maximum atomic E-state index is 10.2. The number of halogens is 1. The summed E-state index contributed by atoms with van der Waals surface area (Å²) in [6.45, 7) is 0.0338. The number of rotatable bonds is 3. The number of nitrogens with zero attached hydrogens (tertiary/aromatic N) is 1. The number of aromatic nitrogens is 1. The van der Waals surface area contributed by atoms with E-state index in [0.29, 0.717) is 0 Å². The maximum absolute atomic E-state index is 10.2. The van der Waals surface area contributed by atoms with Crippen LogP contribution in [0.25, 0.3) is 0 Å². The van der Waals surface area contributed by atoms with Crippen LogP contribution in [-0.2, 0) is 12.0 Å². The number of hydrogen-bond donors (Lipinski definition) is 1. The van der Waals surface area contributed by atoms with Crippen LogP contribution in [0.5, 0.6) is 0 Å². The second kappa shape index (κ2) is 8.11. The van der Waals surface area contributed by atoms with E-state index in [1.165, 1.54) is 16.8 Å². The highest BCUT2D eigenvalue weighted by Gasteiger charge is 2.60. The zero-order valence-electron chi connectivity index (χ0n) is 17.3. The molecule has 2 bridgehead atoms. The predicted molar refractivity (Wildman–Crippen MR) is 102 cm³/mol. The van der Waals surface area contributed by atoms with Gasteiger partial charge in [-0.2, -0.15) is 4.57 Å². The number of pyridine rings is 1. The molecule has 4 aromatic rings. The van der Waals surface area contributed by atoms with Crippen molar-refractivity contribution in [3.63, 3.8) is 0 Å². The molecule has 2 unspecified atom stereocenters. The van der Waals surface area contributed by atoms with E-state index in [-0.39, 0.29) is 24.0 Å². The molecule has 3 aromatic heterocycles. The van der Waals surface area contributed by atoms with E-state index in [4.69, 9.17) is 27.5 Å². The molecule has 0 fully saturated rings. The van der Waals surface area contributed by atoms with E-state index in [9.17, 15) is 5.11 Å². The van der Waals surface area contributed by atoms with Gasteiger partial charge < -0.3 is 13.9 Å². The van der Waals surface area contributed by atoms with Gasteiger partial charge in [0.1, 0.15) is 0 Å². The second-order valence-corrected chi connectivity index (χ2v) is 8.89. The summed E-state index contributed by atoms with van der Waals surface area (Å²) in [7, 11) is -4.94. The Morgan fingerprint density at radius 2 is 1.61 bits per heavy atom. The molecule has 2 aliphatic heterocycles. The van der Waals surface area contributed by atoms with Crippen LogP contribution in [0.4, 0.5) is 0 Å². The van der Waals surface area contributed by atoms with Crippen molar-refractivity contribution in [2.45, 2.75) is 30.4 Å². The Kier molecular flexibility index (Phi) is 5.37. The van der Waals surface area contributed by atoms with E-state index in [0.717, 1.165) is 23.1 Å². The van der Waals surface area contributed by atoms with Gasteiger partial charge >= 0.3 is 0 Å². The Labute approximate surface area is 191 Å². The molecular formula is C24H20ClNO7. The highest BCUT2D eigenvalue weighted by molar-refractivity contribution is 5.56. The summed E-state index contributed by atoms with van der Waals surface area (Å²) in [4.78, 5) is 0. The summed E-state index contributed by atoms with van der Waals surface area (Å²) in [6, 6.07) is 17.1. The minimum atomic E-state index is -4.94. The van der Waals surface area contributed by atoms with Crippen molar-refractivity contribution in [3.05, 3.63) is 113 Å². The fraction of sp³-hybridized carbons (Fsp3) is 0.208. The predicted octanol–water partition coefficient (Wildman–Crippen LogP) is -0.679. The zero-order chi connectivity index (χ0) is 23.2. The molecule has 0 radical (unpaired) electrons. The molecule has 7 rings (SSSR count). The molecule has 1 aliphatic carbocycles. The normalized spacial score (nSPS) is 19.9. The van der Waals surface area contributed by atoms with Crippen molar-refractivity contribution in [1.29, 1.82) is 0 Å². The lowest BCUT2D eigenvalue weighted by Gasteiger charge is -2.49. The molecule has 9 heteroatoms. The topological polar surface area (TPSA) is 143 Å². The van der Waals surface area contributed by atoms with Crippen LogP contribution in [0.1, 0.15) is 51.9 Å². The number of benzene rings is 1. The van der Waals surface area contributed by atoms with Crippen LogP contribution >= 0.6 is 0 Å².